The van der Waals surface area contributed by atoms with Gasteiger partial charge in [-0.1, -0.05) is 13.8 Å². The lowest BCUT2D eigenvalue weighted by Crippen LogP contribution is -2.46. The number of hydrogen-bond donors (Lipinski definition) is 2. The number of carbonyl (C=O) groups is 1. The molecule has 21 heavy (non-hydrogen) atoms. The highest BCUT2D eigenvalue weighted by molar-refractivity contribution is 7.89. The molecule has 0 unspecified atom stereocenters. The third-order valence-electron chi connectivity index (χ3n) is 2.99. The van der Waals surface area contributed by atoms with Gasteiger partial charge in [-0.3, -0.25) is 4.79 Å². The first-order valence-electron chi connectivity index (χ1n) is 6.70. The Balaban J connectivity index is 2.99. The second-order valence-electron chi connectivity index (χ2n) is 5.23. The molecule has 0 aromatic carbocycles. The van der Waals surface area contributed by atoms with Crippen LogP contribution in [0.5, 0.6) is 0 Å². The Morgan fingerprint density at radius 3 is 2.43 bits per heavy atom. The molecule has 0 fully saturated rings. The lowest BCUT2D eigenvalue weighted by atomic mass is 10.1. The number of carbonyl (C=O) groups excluding carboxylic acids is 1. The van der Waals surface area contributed by atoms with Gasteiger partial charge in [0.05, 0.1) is 21.9 Å². The van der Waals surface area contributed by atoms with Crippen LogP contribution < -0.4 is 5.32 Å². The molecule has 0 saturated heterocycles. The molecule has 0 aliphatic rings. The fourth-order valence-corrected chi connectivity index (χ4v) is 4.31. The van der Waals surface area contributed by atoms with Gasteiger partial charge >= 0.3 is 0 Å². The van der Waals surface area contributed by atoms with Crippen molar-refractivity contribution in [2.24, 2.45) is 0 Å². The minimum absolute atomic E-state index is 0.128. The summed E-state index contributed by atoms with van der Waals surface area (Å²) in [5, 5.41) is 13.3. The first-order chi connectivity index (χ1) is 9.67. The van der Waals surface area contributed by atoms with Crippen LogP contribution in [0, 0.1) is 0 Å². The van der Waals surface area contributed by atoms with Crippen LogP contribution in [0.1, 0.15) is 37.4 Å². The van der Waals surface area contributed by atoms with Crippen LogP contribution in [0.4, 0.5) is 0 Å². The van der Waals surface area contributed by atoms with Crippen molar-refractivity contribution in [1.82, 2.24) is 9.62 Å². The molecule has 8 heteroatoms. The zero-order chi connectivity index (χ0) is 16.3. The van der Waals surface area contributed by atoms with Crippen molar-refractivity contribution in [2.45, 2.75) is 38.1 Å². The number of rotatable bonds is 7. The van der Waals surface area contributed by atoms with Crippen LogP contribution in [0.25, 0.3) is 0 Å². The Labute approximate surface area is 129 Å². The van der Waals surface area contributed by atoms with Crippen LogP contribution >= 0.6 is 11.3 Å². The summed E-state index contributed by atoms with van der Waals surface area (Å²) in [6.45, 7) is 7.48. The summed E-state index contributed by atoms with van der Waals surface area (Å²) in [5.74, 6) is -0.389. The maximum Gasteiger partial charge on any atom is 0.261 e. The second-order valence-corrected chi connectivity index (χ2v) is 8.08. The Kier molecular flexibility index (Phi) is 5.92. The van der Waals surface area contributed by atoms with E-state index in [-0.39, 0.29) is 17.4 Å². The summed E-state index contributed by atoms with van der Waals surface area (Å²) >= 11 is 1.07. The number of sulfonamides is 1. The minimum atomic E-state index is -3.55. The number of nitrogens with one attached hydrogen (secondary N) is 1. The summed E-state index contributed by atoms with van der Waals surface area (Å²) in [4.78, 5) is 12.5. The minimum Gasteiger partial charge on any atom is -0.394 e. The molecule has 0 aliphatic heterocycles. The maximum atomic E-state index is 12.3. The average molecular weight is 334 g/mol. The molecule has 1 amide bonds. The van der Waals surface area contributed by atoms with Gasteiger partial charge in [-0.15, -0.1) is 11.3 Å². The number of aliphatic hydroxyl groups is 1. The molecule has 0 spiro atoms. The first-order valence-corrected chi connectivity index (χ1v) is 9.02. The fraction of sp³-hybridized carbons (Fsp3) is 0.615. The maximum absolute atomic E-state index is 12.3. The van der Waals surface area contributed by atoms with E-state index < -0.39 is 15.6 Å². The number of thiophene rings is 1. The number of amides is 1. The average Bonchev–Trinajstić information content (AvgIpc) is 2.89. The van der Waals surface area contributed by atoms with Crippen molar-refractivity contribution in [3.8, 4) is 0 Å². The van der Waals surface area contributed by atoms with Crippen LogP contribution in [0.15, 0.2) is 16.3 Å². The molecule has 1 aromatic rings. The van der Waals surface area contributed by atoms with E-state index in [4.69, 9.17) is 5.11 Å². The van der Waals surface area contributed by atoms with E-state index in [2.05, 4.69) is 5.32 Å². The van der Waals surface area contributed by atoms with Crippen LogP contribution in [0.3, 0.4) is 0 Å². The fourth-order valence-electron chi connectivity index (χ4n) is 1.69. The highest BCUT2D eigenvalue weighted by Crippen LogP contribution is 2.23. The van der Waals surface area contributed by atoms with Gasteiger partial charge in [0.1, 0.15) is 0 Å². The van der Waals surface area contributed by atoms with E-state index in [1.165, 1.54) is 15.8 Å². The van der Waals surface area contributed by atoms with Gasteiger partial charge in [-0.25, -0.2) is 8.42 Å². The normalized spacial score (nSPS) is 12.7. The number of aliphatic hydroxyl groups excluding tert-OH is 1. The third-order valence-corrected chi connectivity index (χ3v) is 6.10. The molecule has 0 atom stereocenters. The largest absolute Gasteiger partial charge is 0.394 e. The van der Waals surface area contributed by atoms with Gasteiger partial charge in [0.2, 0.25) is 10.0 Å². The van der Waals surface area contributed by atoms with Crippen molar-refractivity contribution in [3.63, 3.8) is 0 Å². The van der Waals surface area contributed by atoms with E-state index in [0.717, 1.165) is 11.3 Å². The molecule has 1 heterocycles. The summed E-state index contributed by atoms with van der Waals surface area (Å²) < 4.78 is 26.0. The Hall–Kier alpha value is -0.960. The highest BCUT2D eigenvalue weighted by atomic mass is 32.2. The summed E-state index contributed by atoms with van der Waals surface area (Å²) in [6.07, 6.45) is 0. The standard InChI is InChI=1S/C13H22N2O4S2/c1-5-15(6-2)21(18,19)10-7-11(20-8-10)12(17)14-13(3,4)9-16/h7-8,16H,5-6,9H2,1-4H3,(H,14,17). The molecule has 0 radical (unpaired) electrons. The molecule has 0 aliphatic carbocycles. The van der Waals surface area contributed by atoms with Gasteiger partial charge in [-0.05, 0) is 19.9 Å². The summed E-state index contributed by atoms with van der Waals surface area (Å²) in [7, 11) is -3.55. The summed E-state index contributed by atoms with van der Waals surface area (Å²) in [5.41, 5.74) is -0.751. The van der Waals surface area contributed by atoms with Crippen molar-refractivity contribution in [2.75, 3.05) is 19.7 Å². The lowest BCUT2D eigenvalue weighted by Gasteiger charge is -2.22. The summed E-state index contributed by atoms with van der Waals surface area (Å²) in [6, 6.07) is 1.38. The molecular formula is C13H22N2O4S2. The second kappa shape index (κ2) is 6.87. The number of nitrogens with zero attached hydrogens (tertiary/aromatic N) is 1. The molecular weight excluding hydrogens is 312 g/mol. The van der Waals surface area contributed by atoms with Crippen molar-refractivity contribution < 1.29 is 18.3 Å². The van der Waals surface area contributed by atoms with E-state index in [0.29, 0.717) is 18.0 Å². The van der Waals surface area contributed by atoms with Crippen molar-refractivity contribution in [1.29, 1.82) is 0 Å². The SMILES string of the molecule is CCN(CC)S(=O)(=O)c1csc(C(=O)NC(C)(C)CO)c1. The van der Waals surface area contributed by atoms with E-state index in [1.54, 1.807) is 27.7 Å². The smallest absolute Gasteiger partial charge is 0.261 e. The molecule has 120 valence electrons. The zero-order valence-corrected chi connectivity index (χ0v) is 14.3. The van der Waals surface area contributed by atoms with E-state index >= 15 is 0 Å². The Morgan fingerprint density at radius 1 is 1.38 bits per heavy atom. The van der Waals surface area contributed by atoms with Gasteiger partial charge < -0.3 is 10.4 Å². The molecule has 0 bridgehead atoms. The van der Waals surface area contributed by atoms with Gasteiger partial charge in [0.25, 0.3) is 5.91 Å². The lowest BCUT2D eigenvalue weighted by molar-refractivity contribution is 0.0873. The van der Waals surface area contributed by atoms with Gasteiger partial charge in [0.15, 0.2) is 0 Å². The van der Waals surface area contributed by atoms with E-state index in [9.17, 15) is 13.2 Å². The van der Waals surface area contributed by atoms with Crippen LogP contribution in [-0.2, 0) is 10.0 Å². The molecule has 2 N–H and O–H groups in total. The third kappa shape index (κ3) is 4.26. The highest BCUT2D eigenvalue weighted by Gasteiger charge is 2.26. The van der Waals surface area contributed by atoms with Crippen molar-refractivity contribution >= 4 is 27.3 Å². The molecule has 0 saturated carbocycles. The number of hydrogen-bond acceptors (Lipinski definition) is 5. The predicted octanol–water partition coefficient (Wildman–Crippen LogP) is 1.28. The van der Waals surface area contributed by atoms with Crippen molar-refractivity contribution in [3.05, 3.63) is 16.3 Å². The quantitative estimate of drug-likeness (QED) is 0.786. The Morgan fingerprint density at radius 2 is 1.95 bits per heavy atom. The molecule has 1 aromatic heterocycles. The Bertz CT molecular complexity index is 589. The monoisotopic (exact) mass is 334 g/mol. The molecule has 1 rings (SSSR count). The zero-order valence-electron chi connectivity index (χ0n) is 12.7. The topological polar surface area (TPSA) is 86.7 Å². The predicted molar refractivity (Wildman–Crippen MR) is 83.1 cm³/mol. The van der Waals surface area contributed by atoms with E-state index in [1.807, 2.05) is 0 Å². The first kappa shape index (κ1) is 18.1. The van der Waals surface area contributed by atoms with Crippen LogP contribution in [0.2, 0.25) is 0 Å². The van der Waals surface area contributed by atoms with Gasteiger partial charge in [0, 0.05) is 18.5 Å². The van der Waals surface area contributed by atoms with Gasteiger partial charge in [-0.2, -0.15) is 4.31 Å². The van der Waals surface area contributed by atoms with Crippen LogP contribution in [-0.4, -0.2) is 49.0 Å². The molecule has 6 nitrogen and oxygen atoms in total.